The molecule has 2 aromatic heterocycles. The third-order valence-electron chi connectivity index (χ3n) is 9.25. The molecule has 6 rings (SSSR count). The van der Waals surface area contributed by atoms with Gasteiger partial charge in [0.15, 0.2) is 0 Å². The normalized spacial score (nSPS) is 15.4. The van der Waals surface area contributed by atoms with Gasteiger partial charge < -0.3 is 11.1 Å². The Kier molecular flexibility index (Phi) is 10.9. The van der Waals surface area contributed by atoms with E-state index in [0.717, 1.165) is 28.8 Å². The van der Waals surface area contributed by atoms with Gasteiger partial charge in [0.25, 0.3) is 17.9 Å². The van der Waals surface area contributed by atoms with Crippen molar-refractivity contribution in [2.75, 3.05) is 5.73 Å². The quantitative estimate of drug-likeness (QED) is 0.118. The van der Waals surface area contributed by atoms with Crippen molar-refractivity contribution in [2.24, 2.45) is 5.92 Å². The standard InChI is InChI=1S/C36H34F6N6O2.C2H6/c1-5-23-18(3)7-9-28(30(23)43)48-34(45-26-10-17(2)6-8-24(26)35(48)50)27(14-20-12-21(37)15-22(38)13-20)44-29(49)16-47-32-25(31(46-47)33(39)40)11-19(4)36(32,41)42;1-2/h6-10,12-13,15,19,27,33H,5,11,14,16,43H2,1-4H3,(H,44,49);1-2H3. The highest BCUT2D eigenvalue weighted by atomic mass is 19.3. The number of carbonyl (C=O) groups excluding carboxylic acids is 1. The fraction of sp³-hybridized carbons (Fsp3) is 0.368. The number of hydrogen-bond acceptors (Lipinski definition) is 5. The molecule has 0 aliphatic heterocycles. The van der Waals surface area contributed by atoms with Crippen LogP contribution in [0, 0.1) is 31.4 Å². The molecule has 0 spiro atoms. The number of amides is 1. The van der Waals surface area contributed by atoms with Gasteiger partial charge in [0.05, 0.1) is 28.3 Å². The second-order valence-electron chi connectivity index (χ2n) is 12.8. The van der Waals surface area contributed by atoms with Crippen LogP contribution in [0.4, 0.5) is 32.0 Å². The summed E-state index contributed by atoms with van der Waals surface area (Å²) < 4.78 is 88.8. The summed E-state index contributed by atoms with van der Waals surface area (Å²) in [6.45, 7) is 9.88. The first kappa shape index (κ1) is 38.1. The highest BCUT2D eigenvalue weighted by Crippen LogP contribution is 2.48. The number of nitrogens with one attached hydrogen (secondary N) is 1. The van der Waals surface area contributed by atoms with E-state index in [1.54, 1.807) is 37.3 Å². The number of hydrogen-bond donors (Lipinski definition) is 2. The Morgan fingerprint density at radius 3 is 2.37 bits per heavy atom. The average molecular weight is 727 g/mol. The molecule has 2 unspecified atom stereocenters. The minimum Gasteiger partial charge on any atom is -0.397 e. The van der Waals surface area contributed by atoms with Crippen molar-refractivity contribution in [3.05, 3.63) is 116 Å². The topological polar surface area (TPSA) is 108 Å². The Hall–Kier alpha value is -5.14. The molecule has 14 heteroatoms. The molecule has 1 amide bonds. The maximum Gasteiger partial charge on any atom is 0.292 e. The molecule has 2 atom stereocenters. The zero-order chi connectivity index (χ0) is 38.2. The maximum atomic E-state index is 15.2. The number of benzene rings is 3. The molecule has 276 valence electrons. The molecule has 8 nitrogen and oxygen atoms in total. The van der Waals surface area contributed by atoms with Gasteiger partial charge >= 0.3 is 0 Å². The summed E-state index contributed by atoms with van der Waals surface area (Å²) in [7, 11) is 0. The van der Waals surface area contributed by atoms with Crippen molar-refractivity contribution in [1.29, 1.82) is 0 Å². The summed E-state index contributed by atoms with van der Waals surface area (Å²) in [5.74, 6) is -7.66. The van der Waals surface area contributed by atoms with Gasteiger partial charge in [0, 0.05) is 24.0 Å². The molecular formula is C38H40F6N6O2. The molecule has 52 heavy (non-hydrogen) atoms. The maximum absolute atomic E-state index is 15.2. The van der Waals surface area contributed by atoms with Crippen LogP contribution < -0.4 is 16.6 Å². The van der Waals surface area contributed by atoms with Crippen LogP contribution in [0.5, 0.6) is 0 Å². The van der Waals surface area contributed by atoms with E-state index in [4.69, 9.17) is 10.7 Å². The molecule has 3 aromatic carbocycles. The van der Waals surface area contributed by atoms with E-state index in [-0.39, 0.29) is 52.1 Å². The molecule has 3 N–H and O–H groups in total. The predicted molar refractivity (Wildman–Crippen MR) is 187 cm³/mol. The number of fused-ring (bicyclic) bond motifs is 2. The van der Waals surface area contributed by atoms with E-state index in [9.17, 15) is 27.2 Å². The van der Waals surface area contributed by atoms with Gasteiger partial charge in [-0.15, -0.1) is 0 Å². The number of carbonyl (C=O) groups is 1. The SMILES string of the molecule is CC.CCc1c(C)ccc(-n2c(C(Cc3cc(F)cc(F)c3)NC(=O)Cn3nc(C(F)F)c4c3C(F)(F)C(C)C4)nc3cc(C)ccc3c2=O)c1N. The molecule has 1 aliphatic carbocycles. The van der Waals surface area contributed by atoms with Crippen molar-refractivity contribution in [3.8, 4) is 5.69 Å². The zero-order valence-corrected chi connectivity index (χ0v) is 29.6. The number of halogens is 6. The molecule has 5 aromatic rings. The summed E-state index contributed by atoms with van der Waals surface area (Å²) in [6.07, 6.45) is -3.29. The van der Waals surface area contributed by atoms with Crippen LogP contribution in [0.3, 0.4) is 0 Å². The summed E-state index contributed by atoms with van der Waals surface area (Å²) >= 11 is 0. The number of rotatable bonds is 9. The Labute approximate surface area is 296 Å². The molecule has 1 aliphatic rings. The number of alkyl halides is 4. The van der Waals surface area contributed by atoms with Gasteiger partial charge in [0.2, 0.25) is 5.91 Å². The van der Waals surface area contributed by atoms with Crippen LogP contribution in [-0.2, 0) is 36.5 Å². The Bertz CT molecular complexity index is 2190. The second-order valence-corrected chi connectivity index (χ2v) is 12.8. The lowest BCUT2D eigenvalue weighted by molar-refractivity contribution is -0.123. The lowest BCUT2D eigenvalue weighted by Gasteiger charge is -2.25. The van der Waals surface area contributed by atoms with Crippen molar-refractivity contribution in [3.63, 3.8) is 0 Å². The van der Waals surface area contributed by atoms with Crippen LogP contribution >= 0.6 is 0 Å². The van der Waals surface area contributed by atoms with Gasteiger partial charge in [0.1, 0.15) is 35.4 Å². The average Bonchev–Trinajstić information content (AvgIpc) is 3.54. The fourth-order valence-corrected chi connectivity index (χ4v) is 6.80. The summed E-state index contributed by atoms with van der Waals surface area (Å²) in [6, 6.07) is 9.82. The number of anilines is 1. The van der Waals surface area contributed by atoms with E-state index in [0.29, 0.717) is 17.2 Å². The van der Waals surface area contributed by atoms with E-state index >= 15 is 8.78 Å². The van der Waals surface area contributed by atoms with E-state index < -0.39 is 65.3 Å². The van der Waals surface area contributed by atoms with Crippen LogP contribution in [0.15, 0.2) is 53.3 Å². The fourth-order valence-electron chi connectivity index (χ4n) is 6.80. The van der Waals surface area contributed by atoms with Crippen LogP contribution in [0.2, 0.25) is 0 Å². The minimum atomic E-state index is -3.54. The summed E-state index contributed by atoms with van der Waals surface area (Å²) in [5.41, 5.74) is 7.41. The molecule has 2 heterocycles. The van der Waals surface area contributed by atoms with E-state index in [1.165, 1.54) is 11.5 Å². The zero-order valence-electron chi connectivity index (χ0n) is 29.6. The highest BCUT2D eigenvalue weighted by molar-refractivity contribution is 5.80. The molecular weight excluding hydrogens is 686 g/mol. The van der Waals surface area contributed by atoms with E-state index in [2.05, 4.69) is 10.4 Å². The molecule has 0 bridgehead atoms. The first-order valence-corrected chi connectivity index (χ1v) is 17.0. The summed E-state index contributed by atoms with van der Waals surface area (Å²) in [5, 5.41) is 6.59. The molecule has 0 radical (unpaired) electrons. The number of aromatic nitrogens is 4. The highest BCUT2D eigenvalue weighted by Gasteiger charge is 2.51. The van der Waals surface area contributed by atoms with Crippen molar-refractivity contribution in [2.45, 2.75) is 85.7 Å². The Balaban J connectivity index is 0.00000257. The monoisotopic (exact) mass is 726 g/mol. The largest absolute Gasteiger partial charge is 0.397 e. The molecule has 0 saturated carbocycles. The van der Waals surface area contributed by atoms with E-state index in [1.807, 2.05) is 27.7 Å². The molecule has 0 fully saturated rings. The third kappa shape index (κ3) is 7.02. The lowest BCUT2D eigenvalue weighted by Crippen LogP contribution is -2.38. The number of nitrogens with two attached hydrogens (primary N) is 1. The predicted octanol–water partition coefficient (Wildman–Crippen LogP) is 7.97. The van der Waals surface area contributed by atoms with Crippen molar-refractivity contribution < 1.29 is 31.1 Å². The van der Waals surface area contributed by atoms with Gasteiger partial charge in [-0.3, -0.25) is 18.8 Å². The van der Waals surface area contributed by atoms with Crippen molar-refractivity contribution in [1.82, 2.24) is 24.6 Å². The van der Waals surface area contributed by atoms with Gasteiger partial charge in [-0.05, 0) is 79.3 Å². The Morgan fingerprint density at radius 2 is 1.73 bits per heavy atom. The Morgan fingerprint density at radius 1 is 1.06 bits per heavy atom. The van der Waals surface area contributed by atoms with Gasteiger partial charge in [-0.1, -0.05) is 39.8 Å². The minimum absolute atomic E-state index is 0.0679. The van der Waals surface area contributed by atoms with Crippen LogP contribution in [0.25, 0.3) is 16.6 Å². The van der Waals surface area contributed by atoms with Crippen molar-refractivity contribution >= 4 is 22.5 Å². The second kappa shape index (κ2) is 14.8. The van der Waals surface area contributed by atoms with Crippen LogP contribution in [-0.4, -0.2) is 25.2 Å². The smallest absolute Gasteiger partial charge is 0.292 e. The summed E-state index contributed by atoms with van der Waals surface area (Å²) in [4.78, 5) is 32.8. The lowest BCUT2D eigenvalue weighted by atomic mass is 10.0. The number of nitrogen functional groups attached to an aromatic ring is 1. The molecule has 0 saturated heterocycles. The van der Waals surface area contributed by atoms with Crippen LogP contribution in [0.1, 0.15) is 85.2 Å². The van der Waals surface area contributed by atoms with Gasteiger partial charge in [-0.2, -0.15) is 13.9 Å². The van der Waals surface area contributed by atoms with Gasteiger partial charge in [-0.25, -0.2) is 22.5 Å². The third-order valence-corrected chi connectivity index (χ3v) is 9.25. The number of aryl methyl sites for hydroxylation is 2. The first-order valence-electron chi connectivity index (χ1n) is 17.0. The first-order chi connectivity index (χ1) is 24.6. The number of nitrogens with zero attached hydrogens (tertiary/aromatic N) is 4.